The SMILES string of the molecule is CCOc1ccc2nc(NC(=O)C(CC)Sc3cccc(NC(=O)COc4ccccc4)c3)sc2c1. The van der Waals surface area contributed by atoms with Gasteiger partial charge in [0.2, 0.25) is 5.91 Å². The van der Waals surface area contributed by atoms with Gasteiger partial charge in [-0.1, -0.05) is 42.5 Å². The summed E-state index contributed by atoms with van der Waals surface area (Å²) in [7, 11) is 0. The second-order valence-electron chi connectivity index (χ2n) is 7.76. The van der Waals surface area contributed by atoms with E-state index in [0.29, 0.717) is 29.6 Å². The molecule has 7 nitrogen and oxygen atoms in total. The highest BCUT2D eigenvalue weighted by molar-refractivity contribution is 8.00. The van der Waals surface area contributed by atoms with Crippen molar-refractivity contribution >= 4 is 55.9 Å². The summed E-state index contributed by atoms with van der Waals surface area (Å²) in [6.07, 6.45) is 0.636. The van der Waals surface area contributed by atoms with Crippen molar-refractivity contribution in [3.8, 4) is 11.5 Å². The minimum Gasteiger partial charge on any atom is -0.494 e. The maximum Gasteiger partial charge on any atom is 0.262 e. The number of nitrogens with zero attached hydrogens (tertiary/aromatic N) is 1. The first-order chi connectivity index (χ1) is 17.5. The molecule has 4 rings (SSSR count). The molecule has 36 heavy (non-hydrogen) atoms. The Kier molecular flexibility index (Phi) is 8.80. The highest BCUT2D eigenvalue weighted by Crippen LogP contribution is 2.32. The van der Waals surface area contributed by atoms with E-state index in [1.165, 1.54) is 23.1 Å². The number of rotatable bonds is 11. The van der Waals surface area contributed by atoms with Gasteiger partial charge in [-0.05, 0) is 61.9 Å². The fourth-order valence-electron chi connectivity index (χ4n) is 3.40. The van der Waals surface area contributed by atoms with Crippen LogP contribution in [0.5, 0.6) is 11.5 Å². The topological polar surface area (TPSA) is 89.5 Å². The average molecular weight is 522 g/mol. The first kappa shape index (κ1) is 25.5. The zero-order chi connectivity index (χ0) is 25.3. The largest absolute Gasteiger partial charge is 0.494 e. The Morgan fingerprint density at radius 3 is 2.56 bits per heavy atom. The Morgan fingerprint density at radius 2 is 1.78 bits per heavy atom. The molecule has 0 aliphatic rings. The second-order valence-corrected chi connectivity index (χ2v) is 10.1. The van der Waals surface area contributed by atoms with E-state index in [1.807, 2.05) is 74.5 Å². The minimum atomic E-state index is -0.316. The van der Waals surface area contributed by atoms with E-state index in [2.05, 4.69) is 15.6 Å². The number of nitrogens with one attached hydrogen (secondary N) is 2. The molecule has 0 spiro atoms. The van der Waals surface area contributed by atoms with Gasteiger partial charge in [0.25, 0.3) is 5.91 Å². The number of thiazole rings is 1. The smallest absolute Gasteiger partial charge is 0.262 e. The van der Waals surface area contributed by atoms with Crippen molar-refractivity contribution in [2.45, 2.75) is 30.4 Å². The molecule has 186 valence electrons. The van der Waals surface area contributed by atoms with Crippen LogP contribution in [0.15, 0.2) is 77.7 Å². The van der Waals surface area contributed by atoms with Crippen molar-refractivity contribution in [1.82, 2.24) is 4.98 Å². The predicted molar refractivity (Wildman–Crippen MR) is 146 cm³/mol. The van der Waals surface area contributed by atoms with Crippen molar-refractivity contribution in [2.75, 3.05) is 23.8 Å². The highest BCUT2D eigenvalue weighted by Gasteiger charge is 2.20. The van der Waals surface area contributed by atoms with Gasteiger partial charge in [-0.3, -0.25) is 9.59 Å². The van der Waals surface area contributed by atoms with Gasteiger partial charge in [-0.2, -0.15) is 0 Å². The zero-order valence-corrected chi connectivity index (χ0v) is 21.7. The summed E-state index contributed by atoms with van der Waals surface area (Å²) in [5.74, 6) is 1.05. The molecular weight excluding hydrogens is 494 g/mol. The van der Waals surface area contributed by atoms with Gasteiger partial charge in [-0.25, -0.2) is 4.98 Å². The lowest BCUT2D eigenvalue weighted by Crippen LogP contribution is -2.24. The molecule has 0 aliphatic carbocycles. The summed E-state index contributed by atoms with van der Waals surface area (Å²) in [6.45, 7) is 4.41. The number of benzene rings is 3. The number of carbonyl (C=O) groups excluding carboxylic acids is 2. The summed E-state index contributed by atoms with van der Waals surface area (Å²) < 4.78 is 12.0. The molecule has 9 heteroatoms. The molecule has 0 saturated carbocycles. The molecule has 1 unspecified atom stereocenters. The van der Waals surface area contributed by atoms with Gasteiger partial charge in [0, 0.05) is 10.6 Å². The van der Waals surface area contributed by atoms with Crippen molar-refractivity contribution < 1.29 is 19.1 Å². The maximum absolute atomic E-state index is 13.0. The lowest BCUT2D eigenvalue weighted by Gasteiger charge is -2.14. The molecule has 1 atom stereocenters. The molecule has 0 aliphatic heterocycles. The van der Waals surface area contributed by atoms with Crippen LogP contribution in [0.1, 0.15) is 20.3 Å². The molecule has 0 radical (unpaired) electrons. The molecule has 0 fully saturated rings. The maximum atomic E-state index is 13.0. The first-order valence-corrected chi connectivity index (χ1v) is 13.3. The standard InChI is InChI=1S/C27H27N3O4S2/c1-3-23(26(32)30-27-29-22-14-13-20(33-4-2)16-24(22)36-27)35-21-12-8-9-18(15-21)28-25(31)17-34-19-10-6-5-7-11-19/h5-16,23H,3-4,17H2,1-2H3,(H,28,31)(H,29,30,32). The van der Waals surface area contributed by atoms with E-state index in [0.717, 1.165) is 20.9 Å². The number of para-hydroxylation sites is 1. The summed E-state index contributed by atoms with van der Waals surface area (Å²) in [4.78, 5) is 30.7. The van der Waals surface area contributed by atoms with Crippen LogP contribution in [-0.4, -0.2) is 35.3 Å². The van der Waals surface area contributed by atoms with Crippen LogP contribution < -0.4 is 20.1 Å². The third kappa shape index (κ3) is 6.99. The Hall–Kier alpha value is -3.56. The van der Waals surface area contributed by atoms with Gasteiger partial charge in [0.15, 0.2) is 11.7 Å². The number of amides is 2. The molecular formula is C27H27N3O4S2. The highest BCUT2D eigenvalue weighted by atomic mass is 32.2. The minimum absolute atomic E-state index is 0.0877. The molecule has 1 heterocycles. The number of anilines is 2. The normalized spacial score (nSPS) is 11.6. The van der Waals surface area contributed by atoms with Crippen LogP contribution in [0.25, 0.3) is 10.2 Å². The van der Waals surface area contributed by atoms with Gasteiger partial charge in [-0.15, -0.1) is 11.8 Å². The van der Waals surface area contributed by atoms with Gasteiger partial charge < -0.3 is 20.1 Å². The van der Waals surface area contributed by atoms with Crippen LogP contribution in [-0.2, 0) is 9.59 Å². The van der Waals surface area contributed by atoms with E-state index >= 15 is 0 Å². The van der Waals surface area contributed by atoms with E-state index < -0.39 is 0 Å². The average Bonchev–Trinajstić information content (AvgIpc) is 3.28. The van der Waals surface area contributed by atoms with Crippen molar-refractivity contribution in [3.05, 3.63) is 72.8 Å². The van der Waals surface area contributed by atoms with Crippen molar-refractivity contribution in [2.24, 2.45) is 0 Å². The summed E-state index contributed by atoms with van der Waals surface area (Å²) in [5, 5.41) is 6.04. The predicted octanol–water partition coefficient (Wildman–Crippen LogP) is 6.22. The van der Waals surface area contributed by atoms with Crippen LogP contribution in [0.2, 0.25) is 0 Å². The number of thioether (sulfide) groups is 1. The van der Waals surface area contributed by atoms with E-state index in [9.17, 15) is 9.59 Å². The van der Waals surface area contributed by atoms with Crippen molar-refractivity contribution in [1.29, 1.82) is 0 Å². The third-order valence-corrected chi connectivity index (χ3v) is 7.37. The fourth-order valence-corrected chi connectivity index (χ4v) is 5.31. The Balaban J connectivity index is 1.35. The molecule has 1 aromatic heterocycles. The second kappa shape index (κ2) is 12.4. The summed E-state index contributed by atoms with van der Waals surface area (Å²) >= 11 is 2.87. The van der Waals surface area contributed by atoms with Gasteiger partial charge in [0.05, 0.1) is 22.1 Å². The quantitative estimate of drug-likeness (QED) is 0.228. The van der Waals surface area contributed by atoms with Crippen LogP contribution >= 0.6 is 23.1 Å². The molecule has 2 amide bonds. The van der Waals surface area contributed by atoms with E-state index in [4.69, 9.17) is 9.47 Å². The Labute approximate surface area is 218 Å². The summed E-state index contributed by atoms with van der Waals surface area (Å²) in [5.41, 5.74) is 1.47. The Bertz CT molecular complexity index is 1330. The zero-order valence-electron chi connectivity index (χ0n) is 20.0. The van der Waals surface area contributed by atoms with Crippen LogP contribution in [0.4, 0.5) is 10.8 Å². The van der Waals surface area contributed by atoms with E-state index in [1.54, 1.807) is 12.1 Å². The number of carbonyl (C=O) groups is 2. The third-order valence-electron chi connectivity index (χ3n) is 5.07. The first-order valence-electron chi connectivity index (χ1n) is 11.6. The molecule has 2 N–H and O–H groups in total. The number of ether oxygens (including phenoxy) is 2. The lowest BCUT2D eigenvalue weighted by molar-refractivity contribution is -0.118. The monoisotopic (exact) mass is 521 g/mol. The van der Waals surface area contributed by atoms with E-state index in [-0.39, 0.29) is 23.7 Å². The van der Waals surface area contributed by atoms with Gasteiger partial charge >= 0.3 is 0 Å². The Morgan fingerprint density at radius 1 is 0.944 bits per heavy atom. The number of hydrogen-bond donors (Lipinski definition) is 2. The number of fused-ring (bicyclic) bond motifs is 1. The molecule has 0 saturated heterocycles. The van der Waals surface area contributed by atoms with Crippen LogP contribution in [0.3, 0.4) is 0 Å². The number of hydrogen-bond acceptors (Lipinski definition) is 7. The van der Waals surface area contributed by atoms with Crippen molar-refractivity contribution in [3.63, 3.8) is 0 Å². The fraction of sp³-hybridized carbons (Fsp3) is 0.222. The number of aromatic nitrogens is 1. The summed E-state index contributed by atoms with van der Waals surface area (Å²) in [6, 6.07) is 22.3. The van der Waals surface area contributed by atoms with Crippen LogP contribution in [0, 0.1) is 0 Å². The van der Waals surface area contributed by atoms with Gasteiger partial charge in [0.1, 0.15) is 11.5 Å². The molecule has 4 aromatic rings. The lowest BCUT2D eigenvalue weighted by atomic mass is 10.3. The molecule has 0 bridgehead atoms. The molecule has 3 aromatic carbocycles.